The molecule has 0 spiro atoms. The zero-order valence-corrected chi connectivity index (χ0v) is 30.7. The molecule has 13 heteroatoms. The molecule has 276 valence electrons. The van der Waals surface area contributed by atoms with Gasteiger partial charge in [-0.2, -0.15) is 0 Å². The monoisotopic (exact) mass is 755 g/mol. The molecular weight excluding hydrogens is 713 g/mol. The molecule has 2 fully saturated rings. The van der Waals surface area contributed by atoms with Crippen LogP contribution >= 0.6 is 23.2 Å². The van der Waals surface area contributed by atoms with Crippen molar-refractivity contribution in [3.8, 4) is 5.75 Å². The highest BCUT2D eigenvalue weighted by Crippen LogP contribution is 2.38. The molecule has 6 N–H and O–H groups in total. The molecule has 2 saturated heterocycles. The topological polar surface area (TPSA) is 153 Å². The minimum Gasteiger partial charge on any atom is -0.491 e. The summed E-state index contributed by atoms with van der Waals surface area (Å²) in [4.78, 5) is 46.7. The van der Waals surface area contributed by atoms with Crippen molar-refractivity contribution in [2.24, 2.45) is 5.73 Å². The van der Waals surface area contributed by atoms with E-state index in [1.807, 2.05) is 66.7 Å². The number of hydrogen-bond acceptors (Lipinski definition) is 6. The molecule has 3 heterocycles. The lowest BCUT2D eigenvalue weighted by atomic mass is 9.95. The van der Waals surface area contributed by atoms with E-state index in [1.54, 1.807) is 28.0 Å². The van der Waals surface area contributed by atoms with Gasteiger partial charge in [-0.05, 0) is 83.8 Å². The van der Waals surface area contributed by atoms with E-state index in [2.05, 4.69) is 16.0 Å². The summed E-state index contributed by atoms with van der Waals surface area (Å²) >= 11 is 12.8. The molecule has 4 aromatic rings. The van der Waals surface area contributed by atoms with Crippen molar-refractivity contribution in [1.82, 2.24) is 25.8 Å². The van der Waals surface area contributed by atoms with Crippen LogP contribution in [0.25, 0.3) is 10.8 Å². The second kappa shape index (κ2) is 16.0. The molecule has 3 aliphatic rings. The van der Waals surface area contributed by atoms with Gasteiger partial charge in [-0.15, -0.1) is 0 Å². The number of nitrogens with one attached hydrogen (secondary N) is 4. The van der Waals surface area contributed by atoms with Crippen molar-refractivity contribution in [2.75, 3.05) is 13.2 Å². The number of ether oxygens (including phenoxy) is 1. The lowest BCUT2D eigenvalue weighted by Gasteiger charge is -2.33. The molecule has 0 aliphatic carbocycles. The van der Waals surface area contributed by atoms with Crippen molar-refractivity contribution >= 4 is 57.7 Å². The van der Waals surface area contributed by atoms with E-state index in [1.165, 1.54) is 0 Å². The van der Waals surface area contributed by atoms with E-state index in [9.17, 15) is 14.4 Å². The zero-order valence-electron chi connectivity index (χ0n) is 29.2. The zero-order chi connectivity index (χ0) is 37.1. The SMILES string of the molecule is N=C(N)NCCC[C@H]1C(=O)N2C(CC[C@@H]2COc2ccc3ccccc3c2)N1C(=O)[C@@H](Cc1ccc(Cl)cc1Cl)NC(=O)C1Cc2ccccc2CN1. The van der Waals surface area contributed by atoms with E-state index in [-0.39, 0.29) is 42.8 Å². The van der Waals surface area contributed by atoms with Gasteiger partial charge in [0.05, 0.1) is 12.1 Å². The number of carbonyl (C=O) groups excluding carboxylic acids is 3. The number of halogens is 2. The van der Waals surface area contributed by atoms with Crippen LogP contribution in [0, 0.1) is 5.41 Å². The minimum absolute atomic E-state index is 0.106. The third-order valence-corrected chi connectivity index (χ3v) is 11.1. The Labute approximate surface area is 318 Å². The van der Waals surface area contributed by atoms with Gasteiger partial charge >= 0.3 is 0 Å². The maximum absolute atomic E-state index is 14.9. The number of guanidine groups is 1. The van der Waals surface area contributed by atoms with Crippen molar-refractivity contribution < 1.29 is 19.1 Å². The molecule has 0 radical (unpaired) electrons. The summed E-state index contributed by atoms with van der Waals surface area (Å²) in [5.41, 5.74) is 8.38. The Morgan fingerprint density at radius 2 is 1.75 bits per heavy atom. The molecule has 0 saturated carbocycles. The summed E-state index contributed by atoms with van der Waals surface area (Å²) < 4.78 is 6.27. The molecular formula is C40H43Cl2N7O4. The number of hydrogen-bond donors (Lipinski definition) is 5. The fraction of sp³-hybridized carbons (Fsp3) is 0.350. The molecule has 4 aromatic carbocycles. The maximum atomic E-state index is 14.9. The van der Waals surface area contributed by atoms with Gasteiger partial charge in [0, 0.05) is 29.6 Å². The van der Waals surface area contributed by atoms with Crippen LogP contribution in [0.4, 0.5) is 0 Å². The predicted molar refractivity (Wildman–Crippen MR) is 206 cm³/mol. The van der Waals surface area contributed by atoms with E-state index in [0.29, 0.717) is 66.6 Å². The number of benzene rings is 4. The number of nitrogens with zero attached hydrogens (tertiary/aromatic N) is 2. The molecule has 5 atom stereocenters. The molecule has 0 bridgehead atoms. The third-order valence-electron chi connectivity index (χ3n) is 10.5. The van der Waals surface area contributed by atoms with Crippen LogP contribution in [0.1, 0.15) is 42.4 Å². The van der Waals surface area contributed by atoms with Crippen molar-refractivity contribution in [3.63, 3.8) is 0 Å². The Balaban J connectivity index is 1.14. The Bertz CT molecular complexity index is 2030. The summed E-state index contributed by atoms with van der Waals surface area (Å²) in [6.07, 6.45) is 2.13. The van der Waals surface area contributed by atoms with Crippen LogP contribution in [0.15, 0.2) is 84.9 Å². The van der Waals surface area contributed by atoms with E-state index >= 15 is 0 Å². The summed E-state index contributed by atoms with van der Waals surface area (Å²) in [5.74, 6) is -0.275. The molecule has 11 nitrogen and oxygen atoms in total. The van der Waals surface area contributed by atoms with Crippen molar-refractivity contribution in [2.45, 2.75) is 75.4 Å². The predicted octanol–water partition coefficient (Wildman–Crippen LogP) is 4.76. The third kappa shape index (κ3) is 8.07. The van der Waals surface area contributed by atoms with E-state index < -0.39 is 24.3 Å². The lowest BCUT2D eigenvalue weighted by Crippen LogP contribution is -2.57. The maximum Gasteiger partial charge on any atom is 0.247 e. The highest BCUT2D eigenvalue weighted by molar-refractivity contribution is 6.35. The quantitative estimate of drug-likeness (QED) is 0.0795. The van der Waals surface area contributed by atoms with Crippen LogP contribution in [-0.2, 0) is 33.8 Å². The van der Waals surface area contributed by atoms with Crippen LogP contribution in [0.2, 0.25) is 10.0 Å². The van der Waals surface area contributed by atoms with Gasteiger partial charge in [-0.3, -0.25) is 19.8 Å². The summed E-state index contributed by atoms with van der Waals surface area (Å²) in [6.45, 7) is 1.18. The fourth-order valence-corrected chi connectivity index (χ4v) is 8.34. The normalized spacial score (nSPS) is 21.2. The highest BCUT2D eigenvalue weighted by atomic mass is 35.5. The number of rotatable bonds is 12. The minimum atomic E-state index is -1.02. The van der Waals surface area contributed by atoms with Gasteiger partial charge in [0.25, 0.3) is 0 Å². The second-order valence-electron chi connectivity index (χ2n) is 13.9. The fourth-order valence-electron chi connectivity index (χ4n) is 7.86. The van der Waals surface area contributed by atoms with Gasteiger partial charge < -0.3 is 36.2 Å². The average Bonchev–Trinajstić information content (AvgIpc) is 3.70. The Kier molecular flexibility index (Phi) is 11.0. The van der Waals surface area contributed by atoms with Gasteiger partial charge in [0.2, 0.25) is 17.7 Å². The smallest absolute Gasteiger partial charge is 0.247 e. The summed E-state index contributed by atoms with van der Waals surface area (Å²) in [6, 6.07) is 24.5. The second-order valence-corrected chi connectivity index (χ2v) is 14.8. The van der Waals surface area contributed by atoms with E-state index in [4.69, 9.17) is 39.1 Å². The molecule has 3 aliphatic heterocycles. The molecule has 53 heavy (non-hydrogen) atoms. The molecule has 7 rings (SSSR count). The molecule has 0 aromatic heterocycles. The Hall–Kier alpha value is -4.84. The van der Waals surface area contributed by atoms with Crippen LogP contribution in [0.5, 0.6) is 5.75 Å². The molecule has 2 unspecified atom stereocenters. The van der Waals surface area contributed by atoms with Crippen molar-refractivity contribution in [1.29, 1.82) is 5.41 Å². The first kappa shape index (κ1) is 36.5. The first-order valence-corrected chi connectivity index (χ1v) is 18.8. The number of carbonyl (C=O) groups is 3. The van der Waals surface area contributed by atoms with Crippen LogP contribution in [-0.4, -0.2) is 77.0 Å². The first-order chi connectivity index (χ1) is 25.7. The lowest BCUT2D eigenvalue weighted by molar-refractivity contribution is -0.141. The van der Waals surface area contributed by atoms with Gasteiger partial charge in [0.1, 0.15) is 30.6 Å². The Morgan fingerprint density at radius 1 is 0.981 bits per heavy atom. The van der Waals surface area contributed by atoms with Crippen molar-refractivity contribution in [3.05, 3.63) is 112 Å². The van der Waals surface area contributed by atoms with Gasteiger partial charge in [0.15, 0.2) is 5.96 Å². The summed E-state index contributed by atoms with van der Waals surface area (Å²) in [5, 5.41) is 19.7. The number of nitrogens with two attached hydrogens (primary N) is 1. The molecule has 3 amide bonds. The van der Waals surface area contributed by atoms with E-state index in [0.717, 1.165) is 21.9 Å². The van der Waals surface area contributed by atoms with Gasteiger partial charge in [-0.1, -0.05) is 83.9 Å². The average molecular weight is 757 g/mol. The number of amides is 3. The first-order valence-electron chi connectivity index (χ1n) is 18.0. The summed E-state index contributed by atoms with van der Waals surface area (Å²) in [7, 11) is 0. The van der Waals surface area contributed by atoms with Gasteiger partial charge in [-0.25, -0.2) is 0 Å². The number of fused-ring (bicyclic) bond motifs is 3. The van der Waals surface area contributed by atoms with Crippen LogP contribution in [0.3, 0.4) is 0 Å². The Morgan fingerprint density at radius 3 is 2.55 bits per heavy atom. The van der Waals surface area contributed by atoms with Crippen LogP contribution < -0.4 is 26.4 Å². The highest BCUT2D eigenvalue weighted by Gasteiger charge is 2.54. The largest absolute Gasteiger partial charge is 0.491 e. The standard InChI is InChI=1S/C40H43Cl2N7O4/c41-29-13-11-27(32(42)21-29)20-34(47-37(50)33-19-26-8-3-4-9-28(26)22-46-33)38(51)49-35(10-5-17-45-40(43)44)39(52)48-30(14-16-36(48)49)23-53-31-15-12-24-6-1-2-7-25(24)18-31/h1-4,6-9,11-13,15,18,21,30,33-36,46H,5,10,14,16-17,19-20,22-23H2,(H,47,50)(H4,43,44,45)/t30-,33?,34-,35+,36?/m1/s1.